The molecule has 3 rings (SSSR count). The minimum atomic E-state index is -0.490. The zero-order valence-corrected chi connectivity index (χ0v) is 12.3. The van der Waals surface area contributed by atoms with Crippen LogP contribution in [0.1, 0.15) is 5.56 Å². The van der Waals surface area contributed by atoms with Crippen LogP contribution in [0.15, 0.2) is 29.6 Å². The van der Waals surface area contributed by atoms with E-state index in [1.807, 2.05) is 5.38 Å². The largest absolute Gasteiger partial charge is 0.431 e. The van der Waals surface area contributed by atoms with E-state index < -0.39 is 4.92 Å². The van der Waals surface area contributed by atoms with Gasteiger partial charge in [-0.25, -0.2) is 4.98 Å². The van der Waals surface area contributed by atoms with Crippen LogP contribution in [-0.4, -0.2) is 14.9 Å². The third-order valence-electron chi connectivity index (χ3n) is 2.85. The van der Waals surface area contributed by atoms with Gasteiger partial charge in [0.05, 0.1) is 10.3 Å². The minimum absolute atomic E-state index is 0.0381. The molecule has 0 radical (unpaired) electrons. The van der Waals surface area contributed by atoms with Crippen LogP contribution in [0, 0.1) is 17.0 Å². The fourth-order valence-electron chi connectivity index (χ4n) is 1.89. The number of nitro benzene ring substituents is 1. The van der Waals surface area contributed by atoms with Crippen LogP contribution in [0.25, 0.3) is 10.2 Å². The molecule has 0 amide bonds. The number of aryl methyl sites for hydroxylation is 1. The van der Waals surface area contributed by atoms with Crippen molar-refractivity contribution in [2.75, 3.05) is 0 Å². The highest BCUT2D eigenvalue weighted by molar-refractivity contribution is 7.16. The van der Waals surface area contributed by atoms with Gasteiger partial charge in [-0.15, -0.1) is 11.3 Å². The lowest BCUT2D eigenvalue weighted by Crippen LogP contribution is -1.97. The molecule has 0 N–H and O–H groups in total. The molecule has 21 heavy (non-hydrogen) atoms. The Labute approximate surface area is 128 Å². The van der Waals surface area contributed by atoms with Gasteiger partial charge in [0.25, 0.3) is 0 Å². The Morgan fingerprint density at radius 2 is 2.14 bits per heavy atom. The lowest BCUT2D eigenvalue weighted by atomic mass is 10.2. The van der Waals surface area contributed by atoms with Crippen molar-refractivity contribution in [3.8, 4) is 11.6 Å². The van der Waals surface area contributed by atoms with Gasteiger partial charge in [0, 0.05) is 6.07 Å². The van der Waals surface area contributed by atoms with Gasteiger partial charge < -0.3 is 4.74 Å². The van der Waals surface area contributed by atoms with Crippen LogP contribution in [0.4, 0.5) is 5.69 Å². The number of nitrogens with zero attached hydrogens (tertiary/aromatic N) is 3. The molecule has 0 aliphatic heterocycles. The molecule has 3 aromatic rings. The van der Waals surface area contributed by atoms with Crippen LogP contribution < -0.4 is 4.74 Å². The van der Waals surface area contributed by atoms with Crippen LogP contribution >= 0.6 is 22.9 Å². The maximum Gasteiger partial charge on any atom is 0.311 e. The summed E-state index contributed by atoms with van der Waals surface area (Å²) in [5.41, 5.74) is 0.524. The smallest absolute Gasteiger partial charge is 0.311 e. The second kappa shape index (κ2) is 5.27. The number of halogens is 1. The molecule has 0 aliphatic carbocycles. The van der Waals surface area contributed by atoms with Gasteiger partial charge in [0.2, 0.25) is 16.9 Å². The monoisotopic (exact) mass is 321 g/mol. The first-order valence-corrected chi connectivity index (χ1v) is 7.14. The number of thiophene rings is 1. The van der Waals surface area contributed by atoms with Gasteiger partial charge in [0.15, 0.2) is 0 Å². The Bertz CT molecular complexity index is 850. The van der Waals surface area contributed by atoms with Gasteiger partial charge in [-0.05, 0) is 35.5 Å². The molecular weight excluding hydrogens is 314 g/mol. The summed E-state index contributed by atoms with van der Waals surface area (Å²) in [5, 5.41) is 13.6. The van der Waals surface area contributed by atoms with Crippen LogP contribution in [0.3, 0.4) is 0 Å². The Kier molecular flexibility index (Phi) is 3.44. The van der Waals surface area contributed by atoms with E-state index in [1.54, 1.807) is 25.1 Å². The molecule has 0 saturated carbocycles. The van der Waals surface area contributed by atoms with Crippen molar-refractivity contribution in [2.24, 2.45) is 0 Å². The number of hydrogen-bond acceptors (Lipinski definition) is 6. The molecule has 0 unspecified atom stereocenters. The molecule has 2 aromatic heterocycles. The summed E-state index contributed by atoms with van der Waals surface area (Å²) in [6, 6.07) is 6.51. The lowest BCUT2D eigenvalue weighted by Gasteiger charge is -2.09. The minimum Gasteiger partial charge on any atom is -0.431 e. The van der Waals surface area contributed by atoms with Crippen molar-refractivity contribution in [1.29, 1.82) is 0 Å². The van der Waals surface area contributed by atoms with Crippen molar-refractivity contribution in [3.63, 3.8) is 0 Å². The normalized spacial score (nSPS) is 10.8. The van der Waals surface area contributed by atoms with E-state index in [0.717, 1.165) is 0 Å². The molecule has 0 fully saturated rings. The standard InChI is InChI=1S/C13H8ClN3O3S/c1-7-3-2-4-9(17(18)19)10(7)20-11-8-5-6-21-12(8)16-13(14)15-11/h2-6H,1H3. The summed E-state index contributed by atoms with van der Waals surface area (Å²) in [7, 11) is 0. The summed E-state index contributed by atoms with van der Waals surface area (Å²) in [6.07, 6.45) is 0. The summed E-state index contributed by atoms with van der Waals surface area (Å²) in [4.78, 5) is 19.4. The topological polar surface area (TPSA) is 78.2 Å². The van der Waals surface area contributed by atoms with Crippen LogP contribution in [0.5, 0.6) is 11.6 Å². The fourth-order valence-corrected chi connectivity index (χ4v) is 2.86. The number of fused-ring (bicyclic) bond motifs is 1. The molecule has 8 heteroatoms. The molecule has 0 aliphatic rings. The van der Waals surface area contributed by atoms with Gasteiger partial charge in [-0.3, -0.25) is 10.1 Å². The number of hydrogen-bond donors (Lipinski definition) is 0. The first-order chi connectivity index (χ1) is 10.1. The van der Waals surface area contributed by atoms with Crippen molar-refractivity contribution in [2.45, 2.75) is 6.92 Å². The third kappa shape index (κ3) is 2.53. The summed E-state index contributed by atoms with van der Waals surface area (Å²) >= 11 is 7.25. The number of aromatic nitrogens is 2. The number of nitro groups is 1. The molecule has 6 nitrogen and oxygen atoms in total. The van der Waals surface area contributed by atoms with Gasteiger partial charge in [-0.2, -0.15) is 4.98 Å². The molecule has 0 bridgehead atoms. The number of rotatable bonds is 3. The molecule has 106 valence electrons. The molecule has 0 spiro atoms. The van der Waals surface area contributed by atoms with E-state index in [4.69, 9.17) is 16.3 Å². The van der Waals surface area contributed by atoms with Gasteiger partial charge >= 0.3 is 5.69 Å². The summed E-state index contributed by atoms with van der Waals surface area (Å²) in [5.74, 6) is 0.369. The van der Waals surface area contributed by atoms with Gasteiger partial charge in [0.1, 0.15) is 4.83 Å². The first kappa shape index (κ1) is 13.7. The highest BCUT2D eigenvalue weighted by Crippen LogP contribution is 2.37. The van der Waals surface area contributed by atoms with Crippen molar-refractivity contribution in [1.82, 2.24) is 9.97 Å². The Balaban J connectivity index is 2.15. The predicted molar refractivity (Wildman–Crippen MR) is 80.3 cm³/mol. The van der Waals surface area contributed by atoms with E-state index in [1.165, 1.54) is 17.4 Å². The van der Waals surface area contributed by atoms with Crippen molar-refractivity contribution < 1.29 is 9.66 Å². The zero-order valence-electron chi connectivity index (χ0n) is 10.7. The molecule has 2 heterocycles. The second-order valence-electron chi connectivity index (χ2n) is 4.22. The number of benzene rings is 1. The Morgan fingerprint density at radius 3 is 2.90 bits per heavy atom. The van der Waals surface area contributed by atoms with Crippen LogP contribution in [0.2, 0.25) is 5.28 Å². The Morgan fingerprint density at radius 1 is 1.33 bits per heavy atom. The van der Waals surface area contributed by atoms with Crippen LogP contribution in [-0.2, 0) is 0 Å². The third-order valence-corrected chi connectivity index (χ3v) is 3.83. The number of ether oxygens (including phenoxy) is 1. The van der Waals surface area contributed by atoms with E-state index in [2.05, 4.69) is 9.97 Å². The quantitative estimate of drug-likeness (QED) is 0.407. The second-order valence-corrected chi connectivity index (χ2v) is 5.45. The SMILES string of the molecule is Cc1cccc([N+](=O)[O-])c1Oc1nc(Cl)nc2sccc12. The zero-order chi connectivity index (χ0) is 15.0. The van der Waals surface area contributed by atoms with Crippen molar-refractivity contribution in [3.05, 3.63) is 50.6 Å². The highest BCUT2D eigenvalue weighted by Gasteiger charge is 2.20. The highest BCUT2D eigenvalue weighted by atomic mass is 35.5. The van der Waals surface area contributed by atoms with E-state index in [9.17, 15) is 10.1 Å². The van der Waals surface area contributed by atoms with Gasteiger partial charge in [-0.1, -0.05) is 12.1 Å². The molecule has 1 aromatic carbocycles. The lowest BCUT2D eigenvalue weighted by molar-refractivity contribution is -0.385. The molecular formula is C13H8ClN3O3S. The molecule has 0 atom stereocenters. The molecule has 0 saturated heterocycles. The Hall–Kier alpha value is -2.25. The number of para-hydroxylation sites is 1. The average Bonchev–Trinajstić information content (AvgIpc) is 2.88. The first-order valence-electron chi connectivity index (χ1n) is 5.89. The average molecular weight is 322 g/mol. The maximum absolute atomic E-state index is 11.1. The predicted octanol–water partition coefficient (Wildman–Crippen LogP) is 4.35. The summed E-state index contributed by atoms with van der Waals surface area (Å²) < 4.78 is 5.68. The fraction of sp³-hybridized carbons (Fsp3) is 0.0769. The van der Waals surface area contributed by atoms with E-state index in [0.29, 0.717) is 15.8 Å². The van der Waals surface area contributed by atoms with Crippen molar-refractivity contribution >= 4 is 38.8 Å². The van der Waals surface area contributed by atoms with E-state index in [-0.39, 0.29) is 22.6 Å². The van der Waals surface area contributed by atoms with E-state index >= 15 is 0 Å². The summed E-state index contributed by atoms with van der Waals surface area (Å²) in [6.45, 7) is 1.73. The maximum atomic E-state index is 11.1.